The highest BCUT2D eigenvalue weighted by Crippen LogP contribution is 2.28. The van der Waals surface area contributed by atoms with Crippen LogP contribution in [0.5, 0.6) is 0 Å². The van der Waals surface area contributed by atoms with Gasteiger partial charge in [-0.15, -0.1) is 23.1 Å². The van der Waals surface area contributed by atoms with Gasteiger partial charge in [0.2, 0.25) is 0 Å². The molecule has 0 aliphatic carbocycles. The van der Waals surface area contributed by atoms with E-state index in [1.165, 1.54) is 11.3 Å². The van der Waals surface area contributed by atoms with Crippen molar-refractivity contribution in [1.29, 1.82) is 0 Å². The minimum absolute atomic E-state index is 0.218. The number of ether oxygens (including phenoxy) is 1. The fraction of sp³-hybridized carbons (Fsp3) is 0.636. The van der Waals surface area contributed by atoms with E-state index in [0.29, 0.717) is 12.3 Å². The van der Waals surface area contributed by atoms with E-state index in [1.54, 1.807) is 12.3 Å². The Hall–Kier alpha value is -0.550. The summed E-state index contributed by atoms with van der Waals surface area (Å²) >= 11 is 3.33. The fourth-order valence-corrected chi connectivity index (χ4v) is 2.57. The number of carbonyl (C=O) groups excluding carboxylic acids is 1. The van der Waals surface area contributed by atoms with E-state index in [9.17, 15) is 4.79 Å². The van der Waals surface area contributed by atoms with Crippen molar-refractivity contribution in [2.45, 2.75) is 38.2 Å². The monoisotopic (exact) mass is 259 g/mol. The molecular formula is C11H17NO2S2. The topological polar surface area (TPSA) is 39.2 Å². The van der Waals surface area contributed by atoms with Crippen molar-refractivity contribution >= 4 is 29.1 Å². The molecule has 0 unspecified atom stereocenters. The molecular weight excluding hydrogens is 242 g/mol. The van der Waals surface area contributed by atoms with E-state index >= 15 is 0 Å². The van der Waals surface area contributed by atoms with Crippen molar-refractivity contribution in [1.82, 2.24) is 4.98 Å². The van der Waals surface area contributed by atoms with Gasteiger partial charge in [0, 0.05) is 15.9 Å². The van der Waals surface area contributed by atoms with Crippen molar-refractivity contribution in [2.24, 2.45) is 0 Å². The van der Waals surface area contributed by atoms with Crippen molar-refractivity contribution in [3.63, 3.8) is 0 Å². The lowest BCUT2D eigenvalue weighted by Gasteiger charge is -2.15. The van der Waals surface area contributed by atoms with Crippen LogP contribution in [0.15, 0.2) is 5.38 Å². The summed E-state index contributed by atoms with van der Waals surface area (Å²) in [5, 5.41) is 2.74. The van der Waals surface area contributed by atoms with Crippen LogP contribution < -0.4 is 0 Å². The zero-order valence-corrected chi connectivity index (χ0v) is 11.7. The number of esters is 1. The zero-order valence-electron chi connectivity index (χ0n) is 10.1. The lowest BCUT2D eigenvalue weighted by molar-refractivity contribution is 0.0520. The van der Waals surface area contributed by atoms with Crippen LogP contribution in [0.25, 0.3) is 0 Å². The number of hydrogen-bond acceptors (Lipinski definition) is 5. The van der Waals surface area contributed by atoms with Crippen LogP contribution in [0.4, 0.5) is 0 Å². The third-order valence-corrected chi connectivity index (χ3v) is 3.98. The van der Waals surface area contributed by atoms with E-state index in [2.05, 4.69) is 25.8 Å². The van der Waals surface area contributed by atoms with Gasteiger partial charge in [-0.1, -0.05) is 20.8 Å². The van der Waals surface area contributed by atoms with Gasteiger partial charge in [-0.25, -0.2) is 9.78 Å². The number of thiazole rings is 1. The van der Waals surface area contributed by atoms with Crippen LogP contribution in [0.3, 0.4) is 0 Å². The predicted octanol–water partition coefficient (Wildman–Crippen LogP) is 3.35. The number of carbonyl (C=O) groups is 1. The lowest BCUT2D eigenvalue weighted by Crippen LogP contribution is -2.08. The molecule has 0 saturated carbocycles. The molecule has 0 bridgehead atoms. The Kier molecular flexibility index (Phi) is 4.80. The summed E-state index contributed by atoms with van der Waals surface area (Å²) in [6.07, 6.45) is 0. The smallest absolute Gasteiger partial charge is 0.357 e. The van der Waals surface area contributed by atoms with Crippen molar-refractivity contribution in [2.75, 3.05) is 6.61 Å². The van der Waals surface area contributed by atoms with E-state index in [1.807, 2.05) is 11.8 Å². The molecule has 0 atom stereocenters. The standard InChI is InChI=1S/C11H17NO2S2/c1-5-14-10(13)8-6-15-9(12-8)7-16-11(2,3)4/h6H,5,7H2,1-4H3. The van der Waals surface area contributed by atoms with Crippen LogP contribution >= 0.6 is 23.1 Å². The number of thioether (sulfide) groups is 1. The normalized spacial score (nSPS) is 11.5. The summed E-state index contributed by atoms with van der Waals surface area (Å²) < 4.78 is 5.10. The Morgan fingerprint density at radius 2 is 2.25 bits per heavy atom. The van der Waals surface area contributed by atoms with Gasteiger partial charge >= 0.3 is 5.97 Å². The average molecular weight is 259 g/mol. The minimum Gasteiger partial charge on any atom is -0.461 e. The van der Waals surface area contributed by atoms with Gasteiger partial charge in [0.25, 0.3) is 0 Å². The van der Waals surface area contributed by atoms with E-state index < -0.39 is 0 Å². The Balaban J connectivity index is 2.55. The Bertz CT molecular complexity index is 355. The molecule has 0 radical (unpaired) electrons. The molecule has 0 aliphatic heterocycles. The second kappa shape index (κ2) is 5.68. The van der Waals surface area contributed by atoms with E-state index in [0.717, 1.165) is 10.8 Å². The summed E-state index contributed by atoms with van der Waals surface area (Å²) in [6, 6.07) is 0. The number of aromatic nitrogens is 1. The van der Waals surface area contributed by atoms with Gasteiger partial charge in [0.1, 0.15) is 5.01 Å². The third-order valence-electron chi connectivity index (χ3n) is 1.66. The second-order valence-electron chi connectivity index (χ2n) is 4.25. The summed E-state index contributed by atoms with van der Waals surface area (Å²) in [5.74, 6) is 0.513. The second-order valence-corrected chi connectivity index (χ2v) is 6.99. The van der Waals surface area contributed by atoms with Gasteiger partial charge in [-0.05, 0) is 6.92 Å². The minimum atomic E-state index is -0.328. The third kappa shape index (κ3) is 4.53. The molecule has 0 aromatic carbocycles. The highest BCUT2D eigenvalue weighted by Gasteiger charge is 2.15. The van der Waals surface area contributed by atoms with Crippen molar-refractivity contribution in [3.05, 3.63) is 16.1 Å². The first-order valence-electron chi connectivity index (χ1n) is 5.18. The summed E-state index contributed by atoms with van der Waals surface area (Å²) in [6.45, 7) is 8.68. The first kappa shape index (κ1) is 13.5. The molecule has 90 valence electrons. The molecule has 0 fully saturated rings. The highest BCUT2D eigenvalue weighted by atomic mass is 32.2. The average Bonchev–Trinajstić information content (AvgIpc) is 2.62. The molecule has 3 nitrogen and oxygen atoms in total. The number of nitrogens with zero attached hydrogens (tertiary/aromatic N) is 1. The van der Waals surface area contributed by atoms with Crippen molar-refractivity contribution < 1.29 is 9.53 Å². The van der Waals surface area contributed by atoms with Crippen molar-refractivity contribution in [3.8, 4) is 0 Å². The Labute approximate surface area is 105 Å². The van der Waals surface area contributed by atoms with Gasteiger partial charge in [0.15, 0.2) is 5.69 Å². The number of hydrogen-bond donors (Lipinski definition) is 0. The summed E-state index contributed by atoms with van der Waals surface area (Å²) in [5.41, 5.74) is 0.427. The summed E-state index contributed by atoms with van der Waals surface area (Å²) in [7, 11) is 0. The SMILES string of the molecule is CCOC(=O)c1csc(CSC(C)(C)C)n1. The van der Waals surface area contributed by atoms with Crippen LogP contribution in [0.1, 0.15) is 43.2 Å². The molecule has 5 heteroatoms. The van der Waals surface area contributed by atoms with Crippen LogP contribution in [0.2, 0.25) is 0 Å². The Morgan fingerprint density at radius 3 is 2.81 bits per heavy atom. The maximum Gasteiger partial charge on any atom is 0.357 e. The molecule has 1 heterocycles. The van der Waals surface area contributed by atoms with Gasteiger partial charge < -0.3 is 4.74 Å². The Morgan fingerprint density at radius 1 is 1.56 bits per heavy atom. The highest BCUT2D eigenvalue weighted by molar-refractivity contribution is 7.99. The van der Waals surface area contributed by atoms with E-state index in [4.69, 9.17) is 4.74 Å². The number of rotatable bonds is 4. The first-order chi connectivity index (χ1) is 7.42. The fourth-order valence-electron chi connectivity index (χ4n) is 0.954. The zero-order chi connectivity index (χ0) is 12.2. The predicted molar refractivity (Wildman–Crippen MR) is 69.1 cm³/mol. The summed E-state index contributed by atoms with van der Waals surface area (Å²) in [4.78, 5) is 15.6. The molecule has 1 rings (SSSR count). The molecule has 16 heavy (non-hydrogen) atoms. The molecule has 0 saturated heterocycles. The molecule has 0 N–H and O–H groups in total. The lowest BCUT2D eigenvalue weighted by atomic mass is 10.3. The van der Waals surface area contributed by atoms with Crippen LogP contribution in [-0.4, -0.2) is 22.3 Å². The molecule has 1 aromatic heterocycles. The largest absolute Gasteiger partial charge is 0.461 e. The van der Waals surface area contributed by atoms with E-state index in [-0.39, 0.29) is 10.7 Å². The molecule has 0 amide bonds. The van der Waals surface area contributed by atoms with Gasteiger partial charge in [0.05, 0.1) is 6.61 Å². The maximum absolute atomic E-state index is 11.4. The first-order valence-corrected chi connectivity index (χ1v) is 7.04. The van der Waals surface area contributed by atoms with Gasteiger partial charge in [-0.2, -0.15) is 0 Å². The van der Waals surface area contributed by atoms with Gasteiger partial charge in [-0.3, -0.25) is 0 Å². The van der Waals surface area contributed by atoms with Crippen LogP contribution in [0, 0.1) is 0 Å². The maximum atomic E-state index is 11.4. The molecule has 0 aliphatic rings. The quantitative estimate of drug-likeness (QED) is 0.777. The van der Waals surface area contributed by atoms with Crippen LogP contribution in [-0.2, 0) is 10.5 Å². The molecule has 1 aromatic rings. The molecule has 0 spiro atoms.